The van der Waals surface area contributed by atoms with Gasteiger partial charge in [0.15, 0.2) is 0 Å². The molecule has 1 aromatic heterocycles. The topological polar surface area (TPSA) is 65.9 Å². The molecule has 2 heterocycles. The largest absolute Gasteiger partial charge is 0.444 e. The molecule has 1 aromatic carbocycles. The van der Waals surface area contributed by atoms with Crippen LogP contribution >= 0.6 is 0 Å². The Labute approximate surface area is 160 Å². The average molecular weight is 371 g/mol. The minimum Gasteiger partial charge on any atom is -0.444 e. The highest BCUT2D eigenvalue weighted by molar-refractivity contribution is 5.81. The predicted molar refractivity (Wildman–Crippen MR) is 107 cm³/mol. The molecule has 1 fully saturated rings. The lowest BCUT2D eigenvalue weighted by Gasteiger charge is -2.37. The number of aromatic nitrogens is 1. The number of piperidine rings is 1. The number of carbonyl (C=O) groups is 1. The molecule has 0 aliphatic carbocycles. The number of rotatable bonds is 3. The summed E-state index contributed by atoms with van der Waals surface area (Å²) < 4.78 is 5.47. The van der Waals surface area contributed by atoms with Crippen molar-refractivity contribution in [3.8, 4) is 0 Å². The lowest BCUT2D eigenvalue weighted by molar-refractivity contribution is 0.0201. The van der Waals surface area contributed by atoms with E-state index in [4.69, 9.17) is 9.72 Å². The van der Waals surface area contributed by atoms with Gasteiger partial charge >= 0.3 is 6.09 Å². The first kappa shape index (κ1) is 19.4. The van der Waals surface area contributed by atoms with Gasteiger partial charge in [-0.3, -0.25) is 0 Å². The normalized spacial score (nSPS) is 15.8. The number of pyridine rings is 1. The molecule has 27 heavy (non-hydrogen) atoms. The Hall–Kier alpha value is -2.34. The summed E-state index contributed by atoms with van der Waals surface area (Å²) in [7, 11) is 1.82. The van der Waals surface area contributed by atoms with E-state index in [0.717, 1.165) is 48.2 Å². The lowest BCUT2D eigenvalue weighted by Crippen LogP contribution is -2.47. The molecule has 1 aliphatic rings. The Bertz CT molecular complexity index is 808. The number of nitrogens with zero attached hydrogens (tertiary/aromatic N) is 3. The standard InChI is InChI=1S/C21H29N3O3/c1-21(2,3)27-20(26)23(4)17-9-11-24(12-10-17)19-8-6-16-13-15(14-25)5-7-18(16)22-19/h5-8,13,17,25H,9-12,14H2,1-4H3. The second-order valence-corrected chi connectivity index (χ2v) is 8.16. The van der Waals surface area contributed by atoms with Crippen LogP contribution in [-0.4, -0.2) is 52.9 Å². The second kappa shape index (κ2) is 7.72. The maximum absolute atomic E-state index is 12.3. The van der Waals surface area contributed by atoms with Gasteiger partial charge in [-0.2, -0.15) is 0 Å². The van der Waals surface area contributed by atoms with Crippen molar-refractivity contribution in [2.75, 3.05) is 25.0 Å². The molecule has 3 rings (SSSR count). The summed E-state index contributed by atoms with van der Waals surface area (Å²) in [6, 6.07) is 10.1. The lowest BCUT2D eigenvalue weighted by atomic mass is 10.0. The van der Waals surface area contributed by atoms with Crippen LogP contribution in [0.4, 0.5) is 10.6 Å². The molecule has 1 saturated heterocycles. The fourth-order valence-electron chi connectivity index (χ4n) is 3.40. The van der Waals surface area contributed by atoms with Gasteiger partial charge in [-0.25, -0.2) is 9.78 Å². The number of fused-ring (bicyclic) bond motifs is 1. The molecule has 1 amide bonds. The van der Waals surface area contributed by atoms with Gasteiger partial charge in [-0.05, 0) is 63.4 Å². The van der Waals surface area contributed by atoms with Crippen molar-refractivity contribution in [3.05, 3.63) is 35.9 Å². The van der Waals surface area contributed by atoms with Crippen molar-refractivity contribution in [2.24, 2.45) is 0 Å². The molecule has 0 unspecified atom stereocenters. The van der Waals surface area contributed by atoms with Gasteiger partial charge in [0.25, 0.3) is 0 Å². The van der Waals surface area contributed by atoms with Gasteiger partial charge in [0.2, 0.25) is 0 Å². The molecular formula is C21H29N3O3. The number of hydrogen-bond acceptors (Lipinski definition) is 5. The Morgan fingerprint density at radius 1 is 1.26 bits per heavy atom. The van der Waals surface area contributed by atoms with Crippen molar-refractivity contribution in [2.45, 2.75) is 51.9 Å². The first-order valence-corrected chi connectivity index (χ1v) is 9.48. The van der Waals surface area contributed by atoms with Crippen LogP contribution in [0.15, 0.2) is 30.3 Å². The van der Waals surface area contributed by atoms with Crippen molar-refractivity contribution in [1.29, 1.82) is 0 Å². The van der Waals surface area contributed by atoms with Crippen LogP contribution in [0.2, 0.25) is 0 Å². The molecule has 0 radical (unpaired) electrons. The Kier molecular flexibility index (Phi) is 5.56. The van der Waals surface area contributed by atoms with Crippen LogP contribution in [-0.2, 0) is 11.3 Å². The molecule has 6 nitrogen and oxygen atoms in total. The van der Waals surface area contributed by atoms with Crippen LogP contribution in [0.25, 0.3) is 10.9 Å². The Morgan fingerprint density at radius 2 is 1.96 bits per heavy atom. The molecule has 0 saturated carbocycles. The number of aliphatic hydroxyl groups excluding tert-OH is 1. The summed E-state index contributed by atoms with van der Waals surface area (Å²) in [6.07, 6.45) is 1.52. The summed E-state index contributed by atoms with van der Waals surface area (Å²) in [5, 5.41) is 10.3. The maximum atomic E-state index is 12.3. The van der Waals surface area contributed by atoms with Gasteiger partial charge in [0, 0.05) is 31.6 Å². The predicted octanol–water partition coefficient (Wildman–Crippen LogP) is 3.56. The number of anilines is 1. The fraction of sp³-hybridized carbons (Fsp3) is 0.524. The molecule has 6 heteroatoms. The number of amides is 1. The summed E-state index contributed by atoms with van der Waals surface area (Å²) in [5.74, 6) is 0.956. The van der Waals surface area contributed by atoms with E-state index in [1.807, 2.05) is 52.1 Å². The van der Waals surface area contributed by atoms with E-state index in [0.29, 0.717) is 0 Å². The molecular weight excluding hydrogens is 342 g/mol. The number of benzene rings is 1. The first-order valence-electron chi connectivity index (χ1n) is 9.48. The third-order valence-electron chi connectivity index (χ3n) is 4.94. The van der Waals surface area contributed by atoms with Crippen molar-refractivity contribution in [1.82, 2.24) is 9.88 Å². The fourth-order valence-corrected chi connectivity index (χ4v) is 3.40. The summed E-state index contributed by atoms with van der Waals surface area (Å²) in [5.41, 5.74) is 1.34. The highest BCUT2D eigenvalue weighted by Gasteiger charge is 2.28. The van der Waals surface area contributed by atoms with Crippen molar-refractivity contribution < 1.29 is 14.6 Å². The van der Waals surface area contributed by atoms with Crippen LogP contribution in [0.5, 0.6) is 0 Å². The van der Waals surface area contributed by atoms with Crippen LogP contribution in [0, 0.1) is 0 Å². The minimum absolute atomic E-state index is 0.0381. The molecule has 1 aliphatic heterocycles. The van der Waals surface area contributed by atoms with E-state index in [-0.39, 0.29) is 18.7 Å². The van der Waals surface area contributed by atoms with E-state index in [1.54, 1.807) is 4.90 Å². The molecule has 0 atom stereocenters. The van der Waals surface area contributed by atoms with Gasteiger partial charge < -0.3 is 19.6 Å². The molecule has 1 N–H and O–H groups in total. The van der Waals surface area contributed by atoms with E-state index in [9.17, 15) is 9.90 Å². The third kappa shape index (κ3) is 4.69. The van der Waals surface area contributed by atoms with Crippen LogP contribution in [0.3, 0.4) is 0 Å². The molecule has 2 aromatic rings. The van der Waals surface area contributed by atoms with Crippen LogP contribution in [0.1, 0.15) is 39.2 Å². The number of aliphatic hydroxyl groups is 1. The van der Waals surface area contributed by atoms with E-state index in [1.165, 1.54) is 0 Å². The monoisotopic (exact) mass is 371 g/mol. The Morgan fingerprint density at radius 3 is 2.59 bits per heavy atom. The van der Waals surface area contributed by atoms with E-state index < -0.39 is 5.60 Å². The second-order valence-electron chi connectivity index (χ2n) is 8.16. The highest BCUT2D eigenvalue weighted by Crippen LogP contribution is 2.24. The Balaban J connectivity index is 1.63. The third-order valence-corrected chi connectivity index (χ3v) is 4.94. The molecule has 146 valence electrons. The average Bonchev–Trinajstić information content (AvgIpc) is 2.65. The zero-order valence-corrected chi connectivity index (χ0v) is 16.6. The summed E-state index contributed by atoms with van der Waals surface area (Å²) >= 11 is 0. The van der Waals surface area contributed by atoms with E-state index in [2.05, 4.69) is 11.0 Å². The zero-order chi connectivity index (χ0) is 19.6. The maximum Gasteiger partial charge on any atom is 0.410 e. The molecule has 0 spiro atoms. The smallest absolute Gasteiger partial charge is 0.410 e. The van der Waals surface area contributed by atoms with Gasteiger partial charge in [-0.15, -0.1) is 0 Å². The number of hydrogen-bond donors (Lipinski definition) is 1. The minimum atomic E-state index is -0.475. The number of ether oxygens (including phenoxy) is 1. The van der Waals surface area contributed by atoms with E-state index >= 15 is 0 Å². The summed E-state index contributed by atoms with van der Waals surface area (Å²) in [4.78, 5) is 21.0. The van der Waals surface area contributed by atoms with Gasteiger partial charge in [0.1, 0.15) is 11.4 Å². The molecule has 0 bridgehead atoms. The summed E-state index contributed by atoms with van der Waals surface area (Å²) in [6.45, 7) is 7.40. The highest BCUT2D eigenvalue weighted by atomic mass is 16.6. The quantitative estimate of drug-likeness (QED) is 0.894. The van der Waals surface area contributed by atoms with Crippen molar-refractivity contribution in [3.63, 3.8) is 0 Å². The van der Waals surface area contributed by atoms with Crippen molar-refractivity contribution >= 4 is 22.8 Å². The van der Waals surface area contributed by atoms with Gasteiger partial charge in [-0.1, -0.05) is 6.07 Å². The first-order chi connectivity index (χ1) is 12.8. The van der Waals surface area contributed by atoms with Gasteiger partial charge in [0.05, 0.1) is 12.1 Å². The van der Waals surface area contributed by atoms with Crippen LogP contribution < -0.4 is 4.90 Å². The number of carbonyl (C=O) groups excluding carboxylic acids is 1. The zero-order valence-electron chi connectivity index (χ0n) is 16.6. The SMILES string of the molecule is CN(C(=O)OC(C)(C)C)C1CCN(c2ccc3cc(CO)ccc3n2)CC1.